The molecule has 0 saturated carbocycles. The summed E-state index contributed by atoms with van der Waals surface area (Å²) in [7, 11) is 1.53. The Balaban J connectivity index is 1.66. The zero-order valence-electron chi connectivity index (χ0n) is 16.3. The first kappa shape index (κ1) is 22.3. The van der Waals surface area contributed by atoms with Crippen molar-refractivity contribution >= 4 is 23.5 Å². The molecule has 0 spiro atoms. The molecule has 2 amide bonds. The third-order valence-corrected chi connectivity index (χ3v) is 3.99. The Morgan fingerprint density at radius 3 is 2.40 bits per heavy atom. The van der Waals surface area contributed by atoms with E-state index in [9.17, 15) is 24.5 Å². The van der Waals surface area contributed by atoms with E-state index < -0.39 is 29.3 Å². The fraction of sp³-hybridized carbons (Fsp3) is 0.250. The van der Waals surface area contributed by atoms with Crippen molar-refractivity contribution in [1.29, 1.82) is 0 Å². The Morgan fingerprint density at radius 1 is 1.03 bits per heavy atom. The van der Waals surface area contributed by atoms with Crippen molar-refractivity contribution in [2.75, 3.05) is 20.3 Å². The van der Waals surface area contributed by atoms with E-state index in [0.29, 0.717) is 5.75 Å². The molecule has 0 aromatic heterocycles. The second-order valence-electron chi connectivity index (χ2n) is 6.06. The van der Waals surface area contributed by atoms with Gasteiger partial charge in [0.1, 0.15) is 5.75 Å². The third-order valence-electron chi connectivity index (χ3n) is 3.99. The highest BCUT2D eigenvalue weighted by Gasteiger charge is 2.12. The van der Waals surface area contributed by atoms with Crippen molar-refractivity contribution in [2.24, 2.45) is 0 Å². The predicted octanol–water partition coefficient (Wildman–Crippen LogP) is 1.58. The van der Waals surface area contributed by atoms with Crippen LogP contribution in [-0.4, -0.2) is 43.0 Å². The lowest BCUT2D eigenvalue weighted by Gasteiger charge is -2.10. The molecule has 2 N–H and O–H groups in total. The molecule has 0 aliphatic carbocycles. The van der Waals surface area contributed by atoms with Gasteiger partial charge in [-0.2, -0.15) is 0 Å². The lowest BCUT2D eigenvalue weighted by Crippen LogP contribution is -2.30. The number of rotatable bonds is 10. The Kier molecular flexibility index (Phi) is 8.30. The van der Waals surface area contributed by atoms with Gasteiger partial charge in [0, 0.05) is 36.3 Å². The molecule has 2 rings (SSSR count). The quantitative estimate of drug-likeness (QED) is 0.341. The number of esters is 1. The number of amides is 2. The summed E-state index contributed by atoms with van der Waals surface area (Å²) in [5.74, 6) is -0.957. The molecule has 2 aromatic rings. The molecule has 0 aliphatic rings. The number of methoxy groups -OCH3 is 1. The lowest BCUT2D eigenvalue weighted by molar-refractivity contribution is -0.384. The first-order valence-electron chi connectivity index (χ1n) is 8.97. The topological polar surface area (TPSA) is 137 Å². The van der Waals surface area contributed by atoms with E-state index in [0.717, 1.165) is 5.56 Å². The van der Waals surface area contributed by atoms with Crippen molar-refractivity contribution in [1.82, 2.24) is 10.6 Å². The lowest BCUT2D eigenvalue weighted by atomic mass is 10.2. The van der Waals surface area contributed by atoms with Crippen LogP contribution in [0.15, 0.2) is 48.5 Å². The maximum atomic E-state index is 11.9. The number of nitro groups is 1. The first-order chi connectivity index (χ1) is 14.4. The Labute approximate surface area is 172 Å². The van der Waals surface area contributed by atoms with E-state index in [1.165, 1.54) is 31.4 Å². The van der Waals surface area contributed by atoms with Gasteiger partial charge in [-0.25, -0.2) is 0 Å². The van der Waals surface area contributed by atoms with E-state index in [1.54, 1.807) is 12.1 Å². The highest BCUT2D eigenvalue weighted by atomic mass is 16.6. The Morgan fingerprint density at radius 2 is 1.73 bits per heavy atom. The molecule has 0 saturated heterocycles. The van der Waals surface area contributed by atoms with Crippen LogP contribution in [0, 0.1) is 10.1 Å². The van der Waals surface area contributed by atoms with E-state index in [4.69, 9.17) is 9.47 Å². The number of carbonyl (C=O) groups is 3. The van der Waals surface area contributed by atoms with E-state index in [-0.39, 0.29) is 30.8 Å². The van der Waals surface area contributed by atoms with Crippen LogP contribution in [0.4, 0.5) is 5.69 Å². The monoisotopic (exact) mass is 415 g/mol. The molecule has 158 valence electrons. The van der Waals surface area contributed by atoms with Crippen LogP contribution in [-0.2, 0) is 20.9 Å². The van der Waals surface area contributed by atoms with Crippen molar-refractivity contribution in [3.63, 3.8) is 0 Å². The summed E-state index contributed by atoms with van der Waals surface area (Å²) >= 11 is 0. The highest BCUT2D eigenvalue weighted by Crippen LogP contribution is 2.16. The number of non-ortho nitro benzene ring substituents is 1. The molecule has 2 aromatic carbocycles. The average Bonchev–Trinajstić information content (AvgIpc) is 2.76. The summed E-state index contributed by atoms with van der Waals surface area (Å²) in [6, 6.07) is 12.3. The molecule has 0 radical (unpaired) electrons. The Bertz CT molecular complexity index is 913. The van der Waals surface area contributed by atoms with Gasteiger partial charge in [0.05, 0.1) is 18.5 Å². The van der Waals surface area contributed by atoms with E-state index in [2.05, 4.69) is 10.6 Å². The maximum Gasteiger partial charge on any atom is 0.308 e. The van der Waals surface area contributed by atoms with Crippen molar-refractivity contribution < 1.29 is 28.8 Å². The van der Waals surface area contributed by atoms with Crippen LogP contribution >= 0.6 is 0 Å². The van der Waals surface area contributed by atoms with Gasteiger partial charge in [-0.1, -0.05) is 18.2 Å². The normalized spacial score (nSPS) is 10.0. The molecular weight excluding hydrogens is 394 g/mol. The van der Waals surface area contributed by atoms with Gasteiger partial charge in [-0.15, -0.1) is 0 Å². The van der Waals surface area contributed by atoms with Gasteiger partial charge >= 0.3 is 5.97 Å². The highest BCUT2D eigenvalue weighted by molar-refractivity contribution is 5.94. The van der Waals surface area contributed by atoms with Crippen molar-refractivity contribution in [3.05, 3.63) is 69.8 Å². The van der Waals surface area contributed by atoms with Gasteiger partial charge in [-0.3, -0.25) is 24.5 Å². The number of hydrogen-bond donors (Lipinski definition) is 2. The molecule has 0 unspecified atom stereocenters. The minimum absolute atomic E-state index is 0.00249. The third kappa shape index (κ3) is 6.89. The number of benzene rings is 2. The summed E-state index contributed by atoms with van der Waals surface area (Å²) in [5, 5.41) is 15.7. The van der Waals surface area contributed by atoms with E-state index >= 15 is 0 Å². The molecule has 0 aliphatic heterocycles. The number of ether oxygens (including phenoxy) is 2. The zero-order chi connectivity index (χ0) is 21.9. The second-order valence-corrected chi connectivity index (χ2v) is 6.06. The molecule has 0 bridgehead atoms. The summed E-state index contributed by atoms with van der Waals surface area (Å²) in [6.45, 7) is -0.215. The standard InChI is InChI=1S/C20H21N3O7/c1-29-17-5-3-2-4-15(17)12-22-18(24)13-30-19(25)10-11-21-20(26)14-6-8-16(9-7-14)23(27)28/h2-9H,10-13H2,1H3,(H,21,26)(H,22,24). The van der Waals surface area contributed by atoms with Crippen molar-refractivity contribution in [2.45, 2.75) is 13.0 Å². The number of nitrogens with zero attached hydrogens (tertiary/aromatic N) is 1. The fourth-order valence-electron chi connectivity index (χ4n) is 2.43. The summed E-state index contributed by atoms with van der Waals surface area (Å²) in [4.78, 5) is 45.5. The number of nitrogens with one attached hydrogen (secondary N) is 2. The van der Waals surface area contributed by atoms with Crippen molar-refractivity contribution in [3.8, 4) is 5.75 Å². The second kappa shape index (κ2) is 11.1. The molecule has 10 nitrogen and oxygen atoms in total. The smallest absolute Gasteiger partial charge is 0.308 e. The number of carbonyl (C=O) groups excluding carboxylic acids is 3. The summed E-state index contributed by atoms with van der Waals surface area (Å²) in [6.07, 6.45) is -0.126. The van der Waals surface area contributed by atoms with Crippen LogP contribution in [0.2, 0.25) is 0 Å². The molecule has 0 atom stereocenters. The zero-order valence-corrected chi connectivity index (χ0v) is 16.3. The SMILES string of the molecule is COc1ccccc1CNC(=O)COC(=O)CCNC(=O)c1ccc([N+](=O)[O-])cc1. The number of nitro benzene ring substituents is 1. The van der Waals surface area contributed by atoms with Crippen LogP contribution in [0.3, 0.4) is 0 Å². The van der Waals surface area contributed by atoms with Gasteiger partial charge in [0.2, 0.25) is 0 Å². The Hall–Kier alpha value is -3.95. The number of para-hydroxylation sites is 1. The fourth-order valence-corrected chi connectivity index (χ4v) is 2.43. The molecule has 0 heterocycles. The van der Waals surface area contributed by atoms with Crippen LogP contribution in [0.5, 0.6) is 5.75 Å². The molecule has 10 heteroatoms. The van der Waals surface area contributed by atoms with Crippen LogP contribution < -0.4 is 15.4 Å². The van der Waals surface area contributed by atoms with Crippen LogP contribution in [0.1, 0.15) is 22.3 Å². The summed E-state index contributed by atoms with van der Waals surface area (Å²) in [5.41, 5.74) is 0.887. The number of hydrogen-bond acceptors (Lipinski definition) is 7. The average molecular weight is 415 g/mol. The summed E-state index contributed by atoms with van der Waals surface area (Å²) < 4.78 is 10.1. The van der Waals surface area contributed by atoms with E-state index in [1.807, 2.05) is 12.1 Å². The van der Waals surface area contributed by atoms with Gasteiger partial charge in [0.25, 0.3) is 17.5 Å². The van der Waals surface area contributed by atoms with Gasteiger partial charge < -0.3 is 20.1 Å². The minimum atomic E-state index is -0.647. The van der Waals surface area contributed by atoms with Crippen LogP contribution in [0.25, 0.3) is 0 Å². The maximum absolute atomic E-state index is 11.9. The first-order valence-corrected chi connectivity index (χ1v) is 8.97. The molecular formula is C20H21N3O7. The molecule has 30 heavy (non-hydrogen) atoms. The molecule has 0 fully saturated rings. The largest absolute Gasteiger partial charge is 0.496 e. The van der Waals surface area contributed by atoms with Gasteiger partial charge in [0.15, 0.2) is 6.61 Å². The minimum Gasteiger partial charge on any atom is -0.496 e. The van der Waals surface area contributed by atoms with Gasteiger partial charge in [-0.05, 0) is 18.2 Å². The predicted molar refractivity (Wildman–Crippen MR) is 106 cm³/mol.